The van der Waals surface area contributed by atoms with Gasteiger partial charge in [0.2, 0.25) is 11.8 Å². The van der Waals surface area contributed by atoms with Crippen molar-refractivity contribution in [2.24, 2.45) is 0 Å². The second-order valence-electron chi connectivity index (χ2n) is 5.40. The molecule has 22 heavy (non-hydrogen) atoms. The van der Waals surface area contributed by atoms with Gasteiger partial charge in [0.1, 0.15) is 0 Å². The molecule has 116 valence electrons. The number of fused-ring (bicyclic) bond motifs is 1. The minimum Gasteiger partial charge on any atom is -0.408 e. The summed E-state index contributed by atoms with van der Waals surface area (Å²) in [5.41, 5.74) is 1.51. The van der Waals surface area contributed by atoms with Crippen LogP contribution in [0.15, 0.2) is 27.4 Å². The predicted octanol–water partition coefficient (Wildman–Crippen LogP) is 1.46. The number of rotatable bonds is 3. The predicted molar refractivity (Wildman–Crippen MR) is 80.5 cm³/mol. The van der Waals surface area contributed by atoms with E-state index in [0.717, 1.165) is 19.3 Å². The van der Waals surface area contributed by atoms with E-state index in [0.29, 0.717) is 29.8 Å². The van der Waals surface area contributed by atoms with Gasteiger partial charge in [0, 0.05) is 18.7 Å². The van der Waals surface area contributed by atoms with Gasteiger partial charge < -0.3 is 14.6 Å². The first-order valence-electron chi connectivity index (χ1n) is 7.32. The molecule has 0 unspecified atom stereocenters. The first-order chi connectivity index (χ1) is 10.6. The van der Waals surface area contributed by atoms with Gasteiger partial charge in [-0.3, -0.25) is 14.6 Å². The number of nitrogens with zero attached hydrogens (tertiary/aromatic N) is 1. The molecular weight excluding hydrogens is 286 g/mol. The molecule has 2 amide bonds. The van der Waals surface area contributed by atoms with Crippen LogP contribution < -0.4 is 11.1 Å². The standard InChI is InChI=1S/C15H17N3O4/c19-13(9-18-7-3-1-2-4-14(18)20)16-10-5-6-12-11(8-10)17-15(21)22-12/h5-6,8H,1-4,7,9H2,(H,16,19)(H,17,21). The number of hydrogen-bond acceptors (Lipinski definition) is 4. The number of anilines is 1. The van der Waals surface area contributed by atoms with Crippen LogP contribution in [0.4, 0.5) is 5.69 Å². The molecule has 1 saturated heterocycles. The Morgan fingerprint density at radius 2 is 2.14 bits per heavy atom. The number of hydrogen-bond donors (Lipinski definition) is 2. The molecule has 2 N–H and O–H groups in total. The molecule has 1 aliphatic rings. The Labute approximate surface area is 126 Å². The number of aromatic amines is 1. The van der Waals surface area contributed by atoms with Crippen LogP contribution in [-0.4, -0.2) is 34.8 Å². The van der Waals surface area contributed by atoms with E-state index >= 15 is 0 Å². The summed E-state index contributed by atoms with van der Waals surface area (Å²) in [5, 5.41) is 2.74. The second-order valence-corrected chi connectivity index (χ2v) is 5.40. The summed E-state index contributed by atoms with van der Waals surface area (Å²) in [5.74, 6) is -0.753. The third kappa shape index (κ3) is 3.19. The molecule has 0 bridgehead atoms. The molecule has 1 aromatic carbocycles. The van der Waals surface area contributed by atoms with Crippen LogP contribution in [0.2, 0.25) is 0 Å². The summed E-state index contributed by atoms with van der Waals surface area (Å²) in [4.78, 5) is 39.2. The monoisotopic (exact) mass is 303 g/mol. The Balaban J connectivity index is 1.66. The highest BCUT2D eigenvalue weighted by Crippen LogP contribution is 2.16. The van der Waals surface area contributed by atoms with E-state index in [-0.39, 0.29) is 18.4 Å². The van der Waals surface area contributed by atoms with Crippen LogP contribution in [0, 0.1) is 0 Å². The number of H-pyrrole nitrogens is 1. The Morgan fingerprint density at radius 1 is 1.27 bits per heavy atom. The van der Waals surface area contributed by atoms with Gasteiger partial charge in [-0.1, -0.05) is 6.42 Å². The molecule has 7 heteroatoms. The Bertz CT molecular complexity index is 761. The minimum atomic E-state index is -0.534. The lowest BCUT2D eigenvalue weighted by Gasteiger charge is -2.19. The van der Waals surface area contributed by atoms with Crippen molar-refractivity contribution >= 4 is 28.6 Å². The van der Waals surface area contributed by atoms with E-state index in [4.69, 9.17) is 4.42 Å². The average molecular weight is 303 g/mol. The number of carbonyl (C=O) groups is 2. The van der Waals surface area contributed by atoms with Crippen molar-refractivity contribution in [1.29, 1.82) is 0 Å². The molecule has 0 aliphatic carbocycles. The smallest absolute Gasteiger partial charge is 0.408 e. The zero-order chi connectivity index (χ0) is 15.5. The fourth-order valence-electron chi connectivity index (χ4n) is 2.61. The zero-order valence-corrected chi connectivity index (χ0v) is 12.1. The summed E-state index contributed by atoms with van der Waals surface area (Å²) in [6.45, 7) is 0.680. The van der Waals surface area contributed by atoms with Gasteiger partial charge in [0.05, 0.1) is 12.1 Å². The zero-order valence-electron chi connectivity index (χ0n) is 12.1. The molecule has 0 radical (unpaired) electrons. The first kappa shape index (κ1) is 14.4. The summed E-state index contributed by atoms with van der Waals surface area (Å²) in [6, 6.07) is 4.89. The number of carbonyl (C=O) groups excluding carboxylic acids is 2. The lowest BCUT2D eigenvalue weighted by Crippen LogP contribution is -2.37. The van der Waals surface area contributed by atoms with E-state index in [9.17, 15) is 14.4 Å². The van der Waals surface area contributed by atoms with E-state index < -0.39 is 5.76 Å². The molecule has 3 rings (SSSR count). The van der Waals surface area contributed by atoms with Crippen LogP contribution in [0.1, 0.15) is 25.7 Å². The normalized spacial score (nSPS) is 15.8. The lowest BCUT2D eigenvalue weighted by molar-refractivity contribution is -0.134. The number of benzene rings is 1. The van der Waals surface area contributed by atoms with Crippen molar-refractivity contribution in [2.75, 3.05) is 18.4 Å². The van der Waals surface area contributed by atoms with Crippen molar-refractivity contribution in [3.63, 3.8) is 0 Å². The molecule has 2 aromatic rings. The second kappa shape index (κ2) is 6.05. The van der Waals surface area contributed by atoms with E-state index in [1.54, 1.807) is 23.1 Å². The van der Waals surface area contributed by atoms with E-state index in [1.165, 1.54) is 0 Å². The quantitative estimate of drug-likeness (QED) is 0.897. The number of nitrogens with one attached hydrogen (secondary N) is 2. The van der Waals surface area contributed by atoms with Crippen molar-refractivity contribution in [2.45, 2.75) is 25.7 Å². The summed E-state index contributed by atoms with van der Waals surface area (Å²) >= 11 is 0. The van der Waals surface area contributed by atoms with Gasteiger partial charge in [0.15, 0.2) is 5.58 Å². The third-order valence-electron chi connectivity index (χ3n) is 3.71. The number of likely N-dealkylation sites (tertiary alicyclic amines) is 1. The number of amides is 2. The summed E-state index contributed by atoms with van der Waals surface area (Å²) in [6.07, 6.45) is 3.35. The largest absolute Gasteiger partial charge is 0.417 e. The maximum Gasteiger partial charge on any atom is 0.417 e. The Hall–Kier alpha value is -2.57. The SMILES string of the molecule is O=C(CN1CCCCCC1=O)Nc1ccc2oc(=O)[nH]c2c1. The highest BCUT2D eigenvalue weighted by molar-refractivity contribution is 5.95. The van der Waals surface area contributed by atoms with Crippen LogP contribution in [0.5, 0.6) is 0 Å². The summed E-state index contributed by atoms with van der Waals surface area (Å²) in [7, 11) is 0. The summed E-state index contributed by atoms with van der Waals surface area (Å²) < 4.78 is 4.90. The van der Waals surface area contributed by atoms with Crippen molar-refractivity contribution in [1.82, 2.24) is 9.88 Å². The van der Waals surface area contributed by atoms with Crippen molar-refractivity contribution in [3.8, 4) is 0 Å². The van der Waals surface area contributed by atoms with Gasteiger partial charge in [0.25, 0.3) is 0 Å². The van der Waals surface area contributed by atoms with Gasteiger partial charge in [-0.05, 0) is 31.0 Å². The molecule has 1 aliphatic heterocycles. The minimum absolute atomic E-state index is 0.0299. The fourth-order valence-corrected chi connectivity index (χ4v) is 2.61. The fraction of sp³-hybridized carbons (Fsp3) is 0.400. The van der Waals surface area contributed by atoms with Gasteiger partial charge >= 0.3 is 5.76 Å². The Morgan fingerprint density at radius 3 is 3.00 bits per heavy atom. The maximum absolute atomic E-state index is 12.1. The van der Waals surface area contributed by atoms with Crippen molar-refractivity contribution in [3.05, 3.63) is 28.7 Å². The van der Waals surface area contributed by atoms with Crippen LogP contribution >= 0.6 is 0 Å². The third-order valence-corrected chi connectivity index (χ3v) is 3.71. The molecule has 0 saturated carbocycles. The number of oxazole rings is 1. The van der Waals surface area contributed by atoms with Crippen LogP contribution in [0.3, 0.4) is 0 Å². The molecule has 1 aromatic heterocycles. The van der Waals surface area contributed by atoms with E-state index in [1.807, 2.05) is 0 Å². The van der Waals surface area contributed by atoms with Crippen LogP contribution in [-0.2, 0) is 9.59 Å². The molecule has 1 fully saturated rings. The average Bonchev–Trinajstić information content (AvgIpc) is 2.72. The van der Waals surface area contributed by atoms with Gasteiger partial charge in [-0.15, -0.1) is 0 Å². The van der Waals surface area contributed by atoms with E-state index in [2.05, 4.69) is 10.3 Å². The molecule has 0 atom stereocenters. The van der Waals surface area contributed by atoms with Gasteiger partial charge in [-0.2, -0.15) is 0 Å². The molecule has 0 spiro atoms. The first-order valence-corrected chi connectivity index (χ1v) is 7.32. The Kier molecular flexibility index (Phi) is 3.95. The molecule has 7 nitrogen and oxygen atoms in total. The van der Waals surface area contributed by atoms with Crippen LogP contribution in [0.25, 0.3) is 11.1 Å². The topological polar surface area (TPSA) is 95.4 Å². The van der Waals surface area contributed by atoms with Crippen molar-refractivity contribution < 1.29 is 14.0 Å². The number of aromatic nitrogens is 1. The lowest BCUT2D eigenvalue weighted by atomic mass is 10.2. The molecule has 2 heterocycles. The molecular formula is C15H17N3O4. The highest BCUT2D eigenvalue weighted by Gasteiger charge is 2.19. The van der Waals surface area contributed by atoms with Gasteiger partial charge in [-0.25, -0.2) is 4.79 Å². The highest BCUT2D eigenvalue weighted by atomic mass is 16.4. The maximum atomic E-state index is 12.1.